The molecular weight excluding hydrogens is 222 g/mol. The maximum Gasteiger partial charge on any atom is 0.232 e. The van der Waals surface area contributed by atoms with E-state index in [4.69, 9.17) is 14.0 Å². The quantitative estimate of drug-likeness (QED) is 0.816. The highest BCUT2D eigenvalue weighted by atomic mass is 16.5. The summed E-state index contributed by atoms with van der Waals surface area (Å²) >= 11 is 0. The largest absolute Gasteiger partial charge is 0.378 e. The van der Waals surface area contributed by atoms with Gasteiger partial charge in [0.05, 0.1) is 31.3 Å². The third-order valence-corrected chi connectivity index (χ3v) is 3.38. The van der Waals surface area contributed by atoms with Crippen LogP contribution in [0.5, 0.6) is 0 Å². The minimum atomic E-state index is 0.0545. The van der Waals surface area contributed by atoms with Crippen LogP contribution in [0.2, 0.25) is 0 Å². The summed E-state index contributed by atoms with van der Waals surface area (Å²) in [5.41, 5.74) is 0. The molecular formula is C11H17N3O3. The summed E-state index contributed by atoms with van der Waals surface area (Å²) in [7, 11) is 0. The van der Waals surface area contributed by atoms with Gasteiger partial charge in [-0.25, -0.2) is 0 Å². The lowest BCUT2D eigenvalue weighted by Gasteiger charge is -2.20. The summed E-state index contributed by atoms with van der Waals surface area (Å²) < 4.78 is 16.2. The van der Waals surface area contributed by atoms with E-state index in [-0.39, 0.29) is 18.1 Å². The molecule has 94 valence electrons. The molecule has 2 saturated heterocycles. The van der Waals surface area contributed by atoms with Crippen molar-refractivity contribution in [2.24, 2.45) is 0 Å². The Morgan fingerprint density at radius 1 is 1.35 bits per heavy atom. The van der Waals surface area contributed by atoms with Crippen molar-refractivity contribution in [2.75, 3.05) is 26.4 Å². The maximum absolute atomic E-state index is 5.51. The third-order valence-electron chi connectivity index (χ3n) is 3.38. The van der Waals surface area contributed by atoms with Gasteiger partial charge in [-0.05, 0) is 13.3 Å². The standard InChI is InChI=1S/C11H17N3O3/c1-7-8(2-4-16-7)11-13-10(14-17-11)9-6-15-5-3-12-9/h7-9,12H,2-6H2,1H3. The second-order valence-electron chi connectivity index (χ2n) is 4.54. The summed E-state index contributed by atoms with van der Waals surface area (Å²) in [6.07, 6.45) is 1.12. The Hall–Kier alpha value is -0.980. The SMILES string of the molecule is CC1OCCC1c1nc(C2COCCN2)no1. The summed E-state index contributed by atoms with van der Waals surface area (Å²) in [5.74, 6) is 1.62. The van der Waals surface area contributed by atoms with Crippen LogP contribution in [0.4, 0.5) is 0 Å². The molecule has 0 saturated carbocycles. The average molecular weight is 239 g/mol. The van der Waals surface area contributed by atoms with Crippen LogP contribution >= 0.6 is 0 Å². The lowest BCUT2D eigenvalue weighted by Crippen LogP contribution is -2.35. The number of aromatic nitrogens is 2. The number of ether oxygens (including phenoxy) is 2. The zero-order chi connectivity index (χ0) is 11.7. The fraction of sp³-hybridized carbons (Fsp3) is 0.818. The number of hydrogen-bond acceptors (Lipinski definition) is 6. The fourth-order valence-electron chi connectivity index (χ4n) is 2.33. The van der Waals surface area contributed by atoms with Crippen molar-refractivity contribution in [3.8, 4) is 0 Å². The minimum absolute atomic E-state index is 0.0545. The van der Waals surface area contributed by atoms with E-state index in [0.29, 0.717) is 18.3 Å². The van der Waals surface area contributed by atoms with Gasteiger partial charge in [-0.1, -0.05) is 5.16 Å². The zero-order valence-corrected chi connectivity index (χ0v) is 9.89. The average Bonchev–Trinajstić information content (AvgIpc) is 2.98. The van der Waals surface area contributed by atoms with E-state index in [2.05, 4.69) is 15.5 Å². The van der Waals surface area contributed by atoms with Gasteiger partial charge in [0, 0.05) is 13.2 Å². The molecule has 6 heteroatoms. The van der Waals surface area contributed by atoms with Gasteiger partial charge in [-0.2, -0.15) is 4.98 Å². The monoisotopic (exact) mass is 239 g/mol. The van der Waals surface area contributed by atoms with Gasteiger partial charge in [0.25, 0.3) is 0 Å². The number of hydrogen-bond donors (Lipinski definition) is 1. The van der Waals surface area contributed by atoms with Crippen molar-refractivity contribution >= 4 is 0 Å². The van der Waals surface area contributed by atoms with Gasteiger partial charge in [0.2, 0.25) is 5.89 Å². The Kier molecular flexibility index (Phi) is 3.09. The Morgan fingerprint density at radius 3 is 3.00 bits per heavy atom. The molecule has 1 aromatic rings. The molecule has 2 aliphatic rings. The smallest absolute Gasteiger partial charge is 0.232 e. The first-order chi connectivity index (χ1) is 8.34. The first kappa shape index (κ1) is 11.1. The Morgan fingerprint density at radius 2 is 2.29 bits per heavy atom. The lowest BCUT2D eigenvalue weighted by atomic mass is 10.0. The van der Waals surface area contributed by atoms with Crippen molar-refractivity contribution in [1.82, 2.24) is 15.5 Å². The van der Waals surface area contributed by atoms with Gasteiger partial charge in [0.15, 0.2) is 5.82 Å². The lowest BCUT2D eigenvalue weighted by molar-refractivity contribution is 0.0734. The van der Waals surface area contributed by atoms with Crippen molar-refractivity contribution in [2.45, 2.75) is 31.4 Å². The molecule has 0 spiro atoms. The number of rotatable bonds is 2. The van der Waals surface area contributed by atoms with Crippen molar-refractivity contribution in [3.05, 3.63) is 11.7 Å². The topological polar surface area (TPSA) is 69.4 Å². The summed E-state index contributed by atoms with van der Waals surface area (Å²) in [6.45, 7) is 5.00. The molecule has 1 aromatic heterocycles. The molecule has 0 aliphatic carbocycles. The van der Waals surface area contributed by atoms with E-state index in [1.54, 1.807) is 0 Å². The first-order valence-corrected chi connectivity index (χ1v) is 6.11. The Balaban J connectivity index is 1.73. The number of morpholine rings is 1. The van der Waals surface area contributed by atoms with Crippen LogP contribution in [-0.4, -0.2) is 42.6 Å². The van der Waals surface area contributed by atoms with Gasteiger partial charge >= 0.3 is 0 Å². The van der Waals surface area contributed by atoms with E-state index in [0.717, 1.165) is 26.2 Å². The predicted octanol–water partition coefficient (Wildman–Crippen LogP) is 0.623. The van der Waals surface area contributed by atoms with Crippen molar-refractivity contribution in [1.29, 1.82) is 0 Å². The molecule has 0 amide bonds. The molecule has 3 atom stereocenters. The molecule has 3 rings (SSSR count). The second-order valence-corrected chi connectivity index (χ2v) is 4.54. The van der Waals surface area contributed by atoms with Gasteiger partial charge in [0.1, 0.15) is 0 Å². The van der Waals surface area contributed by atoms with E-state index >= 15 is 0 Å². The van der Waals surface area contributed by atoms with Crippen LogP contribution < -0.4 is 5.32 Å². The molecule has 3 heterocycles. The van der Waals surface area contributed by atoms with E-state index in [1.807, 2.05) is 6.92 Å². The van der Waals surface area contributed by atoms with Gasteiger partial charge in [-0.15, -0.1) is 0 Å². The van der Waals surface area contributed by atoms with Gasteiger partial charge in [-0.3, -0.25) is 0 Å². The molecule has 6 nitrogen and oxygen atoms in total. The van der Waals surface area contributed by atoms with E-state index in [9.17, 15) is 0 Å². The highest BCUT2D eigenvalue weighted by Gasteiger charge is 2.32. The Bertz CT molecular complexity index is 376. The number of nitrogens with zero attached hydrogens (tertiary/aromatic N) is 2. The number of nitrogens with one attached hydrogen (secondary N) is 1. The molecule has 0 radical (unpaired) electrons. The summed E-state index contributed by atoms with van der Waals surface area (Å²) in [6, 6.07) is 0.0545. The second kappa shape index (κ2) is 4.72. The maximum atomic E-state index is 5.51. The van der Waals surface area contributed by atoms with Crippen LogP contribution in [-0.2, 0) is 9.47 Å². The highest BCUT2D eigenvalue weighted by molar-refractivity contribution is 5.02. The summed E-state index contributed by atoms with van der Waals surface area (Å²) in [5, 5.41) is 7.34. The highest BCUT2D eigenvalue weighted by Crippen LogP contribution is 2.30. The molecule has 17 heavy (non-hydrogen) atoms. The van der Waals surface area contributed by atoms with Crippen molar-refractivity contribution in [3.63, 3.8) is 0 Å². The van der Waals surface area contributed by atoms with Crippen molar-refractivity contribution < 1.29 is 14.0 Å². The van der Waals surface area contributed by atoms with Gasteiger partial charge < -0.3 is 19.3 Å². The van der Waals surface area contributed by atoms with Crippen LogP contribution in [0.1, 0.15) is 37.0 Å². The summed E-state index contributed by atoms with van der Waals surface area (Å²) in [4.78, 5) is 4.47. The van der Waals surface area contributed by atoms with E-state index < -0.39 is 0 Å². The Labute approximate surface area is 99.7 Å². The first-order valence-electron chi connectivity index (χ1n) is 6.11. The fourth-order valence-corrected chi connectivity index (χ4v) is 2.33. The third kappa shape index (κ3) is 2.20. The molecule has 2 aliphatic heterocycles. The van der Waals surface area contributed by atoms with Crippen LogP contribution in [0.25, 0.3) is 0 Å². The minimum Gasteiger partial charge on any atom is -0.378 e. The normalized spacial score (nSPS) is 34.1. The van der Waals surface area contributed by atoms with E-state index in [1.165, 1.54) is 0 Å². The predicted molar refractivity (Wildman–Crippen MR) is 58.6 cm³/mol. The molecule has 3 unspecified atom stereocenters. The van der Waals surface area contributed by atoms with Crippen LogP contribution in [0, 0.1) is 0 Å². The molecule has 0 bridgehead atoms. The molecule has 0 aromatic carbocycles. The van der Waals surface area contributed by atoms with Crippen LogP contribution in [0.3, 0.4) is 0 Å². The zero-order valence-electron chi connectivity index (χ0n) is 9.89. The molecule has 2 fully saturated rings. The molecule has 1 N–H and O–H groups in total. The van der Waals surface area contributed by atoms with Crippen LogP contribution in [0.15, 0.2) is 4.52 Å².